The number of benzene rings is 1. The Bertz CT molecular complexity index is 422. The van der Waals surface area contributed by atoms with Crippen molar-refractivity contribution >= 4 is 15.9 Å². The number of ether oxygens (including phenoxy) is 1. The third-order valence-corrected chi connectivity index (χ3v) is 3.29. The van der Waals surface area contributed by atoms with Gasteiger partial charge in [0.1, 0.15) is 0 Å². The molecular formula is C13H17BrFNO. The molecule has 0 aliphatic carbocycles. The summed E-state index contributed by atoms with van der Waals surface area (Å²) in [4.78, 5) is 0. The molecule has 0 amide bonds. The SMILES string of the molecule is CC(C)NC1CC(C)Oc2c(F)cc(Br)cc21. The van der Waals surface area contributed by atoms with Crippen LogP contribution in [0.1, 0.15) is 38.8 Å². The van der Waals surface area contributed by atoms with Crippen LogP contribution >= 0.6 is 15.9 Å². The highest BCUT2D eigenvalue weighted by Gasteiger charge is 2.28. The van der Waals surface area contributed by atoms with Gasteiger partial charge in [-0.3, -0.25) is 0 Å². The molecule has 0 saturated carbocycles. The van der Waals surface area contributed by atoms with Crippen LogP contribution in [-0.2, 0) is 0 Å². The molecule has 1 aromatic rings. The minimum atomic E-state index is -0.295. The molecule has 1 aliphatic heterocycles. The molecule has 17 heavy (non-hydrogen) atoms. The number of halogens is 2. The van der Waals surface area contributed by atoms with E-state index in [1.165, 1.54) is 6.07 Å². The lowest BCUT2D eigenvalue weighted by molar-refractivity contribution is 0.155. The van der Waals surface area contributed by atoms with Gasteiger partial charge in [0.15, 0.2) is 11.6 Å². The van der Waals surface area contributed by atoms with E-state index in [0.717, 1.165) is 16.5 Å². The highest BCUT2D eigenvalue weighted by atomic mass is 79.9. The number of nitrogens with one attached hydrogen (secondary N) is 1. The Morgan fingerprint density at radius 3 is 2.82 bits per heavy atom. The molecule has 2 nitrogen and oxygen atoms in total. The molecule has 0 saturated heterocycles. The largest absolute Gasteiger partial charge is 0.487 e. The van der Waals surface area contributed by atoms with Crippen LogP contribution in [0, 0.1) is 5.82 Å². The zero-order valence-electron chi connectivity index (χ0n) is 10.3. The number of rotatable bonds is 2. The van der Waals surface area contributed by atoms with Gasteiger partial charge in [0, 0.05) is 28.5 Å². The van der Waals surface area contributed by atoms with E-state index in [4.69, 9.17) is 4.74 Å². The van der Waals surface area contributed by atoms with Gasteiger partial charge in [0.05, 0.1) is 6.10 Å². The second-order valence-electron chi connectivity index (χ2n) is 4.84. The van der Waals surface area contributed by atoms with Crippen molar-refractivity contribution in [2.45, 2.75) is 45.4 Å². The second kappa shape index (κ2) is 4.94. The summed E-state index contributed by atoms with van der Waals surface area (Å²) >= 11 is 3.33. The zero-order chi connectivity index (χ0) is 12.6. The van der Waals surface area contributed by atoms with Gasteiger partial charge in [-0.2, -0.15) is 0 Å². The van der Waals surface area contributed by atoms with Crippen molar-refractivity contribution in [3.8, 4) is 5.75 Å². The van der Waals surface area contributed by atoms with Crippen LogP contribution in [0.4, 0.5) is 4.39 Å². The first-order chi connectivity index (χ1) is 7.97. The van der Waals surface area contributed by atoms with Crippen LogP contribution in [0.5, 0.6) is 5.75 Å². The molecule has 0 bridgehead atoms. The average Bonchev–Trinajstić information content (AvgIpc) is 2.19. The smallest absolute Gasteiger partial charge is 0.166 e. The third kappa shape index (κ3) is 2.80. The second-order valence-corrected chi connectivity index (χ2v) is 5.76. The summed E-state index contributed by atoms with van der Waals surface area (Å²) in [6.45, 7) is 6.15. The standard InChI is InChI=1S/C13H17BrFNO/c1-7(2)16-12-4-8(3)17-13-10(12)5-9(14)6-11(13)15/h5-8,12,16H,4H2,1-3H3. The minimum absolute atomic E-state index is 0.0365. The summed E-state index contributed by atoms with van der Waals surface area (Å²) in [5.41, 5.74) is 0.906. The fraction of sp³-hybridized carbons (Fsp3) is 0.538. The van der Waals surface area contributed by atoms with Crippen LogP contribution in [0.15, 0.2) is 16.6 Å². The van der Waals surface area contributed by atoms with Crippen molar-refractivity contribution < 1.29 is 9.13 Å². The molecule has 0 radical (unpaired) electrons. The Morgan fingerprint density at radius 2 is 2.18 bits per heavy atom. The molecule has 1 aliphatic rings. The summed E-state index contributed by atoms with van der Waals surface area (Å²) in [6.07, 6.45) is 0.899. The minimum Gasteiger partial charge on any atom is -0.487 e. The Kier molecular flexibility index (Phi) is 3.73. The van der Waals surface area contributed by atoms with Gasteiger partial charge in [-0.25, -0.2) is 4.39 Å². The highest BCUT2D eigenvalue weighted by molar-refractivity contribution is 9.10. The summed E-state index contributed by atoms with van der Waals surface area (Å²) in [6, 6.07) is 3.90. The van der Waals surface area contributed by atoms with Crippen LogP contribution < -0.4 is 10.1 Å². The molecule has 0 aromatic heterocycles. The number of fused-ring (bicyclic) bond motifs is 1. The topological polar surface area (TPSA) is 21.3 Å². The predicted octanol–water partition coefficient (Wildman–Crippen LogP) is 3.80. The van der Waals surface area contributed by atoms with E-state index in [1.54, 1.807) is 0 Å². The van der Waals surface area contributed by atoms with Crippen LogP contribution in [0.25, 0.3) is 0 Å². The lowest BCUT2D eigenvalue weighted by Gasteiger charge is -2.32. The van der Waals surface area contributed by atoms with E-state index >= 15 is 0 Å². The molecule has 2 atom stereocenters. The maximum Gasteiger partial charge on any atom is 0.166 e. The molecule has 1 heterocycles. The first-order valence-electron chi connectivity index (χ1n) is 5.89. The van der Waals surface area contributed by atoms with Gasteiger partial charge >= 0.3 is 0 Å². The van der Waals surface area contributed by atoms with E-state index in [2.05, 4.69) is 35.1 Å². The highest BCUT2D eigenvalue weighted by Crippen LogP contribution is 2.38. The molecule has 1 N–H and O–H groups in total. The first kappa shape index (κ1) is 12.8. The van der Waals surface area contributed by atoms with Crippen molar-refractivity contribution in [1.29, 1.82) is 0 Å². The monoisotopic (exact) mass is 301 g/mol. The molecule has 94 valence electrons. The van der Waals surface area contributed by atoms with Crippen molar-refractivity contribution in [2.24, 2.45) is 0 Å². The molecule has 2 rings (SSSR count). The number of hydrogen-bond acceptors (Lipinski definition) is 2. The quantitative estimate of drug-likeness (QED) is 0.897. The van der Waals surface area contributed by atoms with Crippen LogP contribution in [-0.4, -0.2) is 12.1 Å². The average molecular weight is 302 g/mol. The van der Waals surface area contributed by atoms with Crippen molar-refractivity contribution in [2.75, 3.05) is 0 Å². The summed E-state index contributed by atoms with van der Waals surface area (Å²) in [5, 5.41) is 3.46. The van der Waals surface area contributed by atoms with Crippen LogP contribution in [0.3, 0.4) is 0 Å². The van der Waals surface area contributed by atoms with Gasteiger partial charge in [0.2, 0.25) is 0 Å². The van der Waals surface area contributed by atoms with Crippen LogP contribution in [0.2, 0.25) is 0 Å². The van der Waals surface area contributed by atoms with E-state index in [9.17, 15) is 4.39 Å². The van der Waals surface area contributed by atoms with Crippen molar-refractivity contribution in [1.82, 2.24) is 5.32 Å². The fourth-order valence-corrected chi connectivity index (χ4v) is 2.68. The molecule has 4 heteroatoms. The van der Waals surface area contributed by atoms with Gasteiger partial charge < -0.3 is 10.1 Å². The number of hydrogen-bond donors (Lipinski definition) is 1. The van der Waals surface area contributed by atoms with Gasteiger partial charge in [0.25, 0.3) is 0 Å². The van der Waals surface area contributed by atoms with Crippen molar-refractivity contribution in [3.05, 3.63) is 28.0 Å². The summed E-state index contributed by atoms with van der Waals surface area (Å²) < 4.78 is 20.2. The molecule has 2 unspecified atom stereocenters. The molecular weight excluding hydrogens is 285 g/mol. The van der Waals surface area contributed by atoms with E-state index in [-0.39, 0.29) is 18.0 Å². The van der Waals surface area contributed by atoms with Gasteiger partial charge in [-0.05, 0) is 19.1 Å². The van der Waals surface area contributed by atoms with E-state index in [1.807, 2.05) is 13.0 Å². The zero-order valence-corrected chi connectivity index (χ0v) is 11.8. The molecule has 0 fully saturated rings. The predicted molar refractivity (Wildman–Crippen MR) is 69.8 cm³/mol. The Morgan fingerprint density at radius 1 is 1.47 bits per heavy atom. The molecule has 1 aromatic carbocycles. The Balaban J connectivity index is 2.41. The summed E-state index contributed by atoms with van der Waals surface area (Å²) in [7, 11) is 0. The fourth-order valence-electron chi connectivity index (χ4n) is 2.23. The lowest BCUT2D eigenvalue weighted by atomic mass is 9.96. The molecule has 0 spiro atoms. The van der Waals surface area contributed by atoms with Crippen molar-refractivity contribution in [3.63, 3.8) is 0 Å². The summed E-state index contributed by atoms with van der Waals surface area (Å²) in [5.74, 6) is 0.0987. The first-order valence-corrected chi connectivity index (χ1v) is 6.68. The third-order valence-electron chi connectivity index (χ3n) is 2.83. The Hall–Kier alpha value is -0.610. The van der Waals surface area contributed by atoms with E-state index in [0.29, 0.717) is 11.8 Å². The maximum absolute atomic E-state index is 13.8. The van der Waals surface area contributed by atoms with E-state index < -0.39 is 0 Å². The lowest BCUT2D eigenvalue weighted by Crippen LogP contribution is -2.35. The van der Waals surface area contributed by atoms with Gasteiger partial charge in [-0.15, -0.1) is 0 Å². The normalized spacial score (nSPS) is 23.4. The maximum atomic E-state index is 13.8. The Labute approximate surface area is 110 Å². The van der Waals surface area contributed by atoms with Gasteiger partial charge in [-0.1, -0.05) is 29.8 Å².